The molecule has 0 atom stereocenters. The molecular formula is C10H13N5O. The molecule has 2 aromatic heterocycles. The van der Waals surface area contributed by atoms with Crippen LogP contribution >= 0.6 is 0 Å². The second-order valence-corrected chi connectivity index (χ2v) is 3.27. The molecule has 0 saturated carbocycles. The highest BCUT2D eigenvalue weighted by atomic mass is 16.5. The highest BCUT2D eigenvalue weighted by Gasteiger charge is 2.06. The van der Waals surface area contributed by atoms with Crippen molar-refractivity contribution in [3.63, 3.8) is 0 Å². The third kappa shape index (κ3) is 2.05. The Balaban J connectivity index is 2.20. The van der Waals surface area contributed by atoms with Gasteiger partial charge >= 0.3 is 0 Å². The molecule has 0 bridgehead atoms. The highest BCUT2D eigenvalue weighted by Crippen LogP contribution is 2.24. The van der Waals surface area contributed by atoms with E-state index in [2.05, 4.69) is 10.1 Å². The van der Waals surface area contributed by atoms with Crippen molar-refractivity contribution >= 4 is 11.4 Å². The van der Waals surface area contributed by atoms with Crippen molar-refractivity contribution in [2.24, 2.45) is 0 Å². The summed E-state index contributed by atoms with van der Waals surface area (Å²) in [4.78, 5) is 3.99. The van der Waals surface area contributed by atoms with E-state index in [1.165, 1.54) is 6.20 Å². The second kappa shape index (κ2) is 4.09. The molecule has 4 N–H and O–H groups in total. The Labute approximate surface area is 92.8 Å². The smallest absolute Gasteiger partial charge is 0.244 e. The number of anilines is 2. The number of ether oxygens (including phenoxy) is 1. The average Bonchev–Trinajstić information content (AvgIpc) is 2.70. The van der Waals surface area contributed by atoms with Crippen LogP contribution in [-0.2, 0) is 6.54 Å². The fourth-order valence-corrected chi connectivity index (χ4v) is 1.24. The van der Waals surface area contributed by atoms with Crippen LogP contribution < -0.4 is 16.2 Å². The summed E-state index contributed by atoms with van der Waals surface area (Å²) in [6.45, 7) is 2.78. The van der Waals surface area contributed by atoms with Crippen LogP contribution in [0.2, 0.25) is 0 Å². The lowest BCUT2D eigenvalue weighted by atomic mass is 10.4. The molecule has 0 aromatic carbocycles. The summed E-state index contributed by atoms with van der Waals surface area (Å²) in [6, 6.07) is 3.35. The second-order valence-electron chi connectivity index (χ2n) is 3.27. The Hall–Kier alpha value is -2.24. The van der Waals surface area contributed by atoms with Crippen molar-refractivity contribution in [2.75, 3.05) is 11.5 Å². The van der Waals surface area contributed by atoms with E-state index in [1.807, 2.05) is 13.1 Å². The van der Waals surface area contributed by atoms with Crippen molar-refractivity contribution in [1.29, 1.82) is 0 Å². The average molecular weight is 219 g/mol. The molecule has 2 heterocycles. The third-order valence-electron chi connectivity index (χ3n) is 2.04. The number of aryl methyl sites for hydroxylation is 1. The van der Waals surface area contributed by atoms with Gasteiger partial charge in [0.25, 0.3) is 0 Å². The van der Waals surface area contributed by atoms with Gasteiger partial charge in [-0.1, -0.05) is 0 Å². The minimum Gasteiger partial charge on any atom is -0.417 e. The van der Waals surface area contributed by atoms with E-state index in [0.29, 0.717) is 23.1 Å². The quantitative estimate of drug-likeness (QED) is 0.810. The Morgan fingerprint density at radius 2 is 2.25 bits per heavy atom. The van der Waals surface area contributed by atoms with Gasteiger partial charge in [0.05, 0.1) is 17.6 Å². The first kappa shape index (κ1) is 10.3. The van der Waals surface area contributed by atoms with Gasteiger partial charge in [0, 0.05) is 18.8 Å². The fraction of sp³-hybridized carbons (Fsp3) is 0.200. The molecule has 0 saturated heterocycles. The summed E-state index contributed by atoms with van der Waals surface area (Å²) in [6.07, 6.45) is 3.31. The summed E-state index contributed by atoms with van der Waals surface area (Å²) in [7, 11) is 0. The number of rotatable bonds is 3. The van der Waals surface area contributed by atoms with Crippen molar-refractivity contribution in [1.82, 2.24) is 14.8 Å². The van der Waals surface area contributed by atoms with Crippen LogP contribution in [0, 0.1) is 0 Å². The molecule has 16 heavy (non-hydrogen) atoms. The minimum atomic E-state index is 0.315. The van der Waals surface area contributed by atoms with E-state index in [0.717, 1.165) is 6.54 Å². The molecule has 6 heteroatoms. The first-order valence-electron chi connectivity index (χ1n) is 4.91. The van der Waals surface area contributed by atoms with E-state index in [1.54, 1.807) is 16.8 Å². The summed E-state index contributed by atoms with van der Waals surface area (Å²) in [5, 5.41) is 4.16. The first-order valence-corrected chi connectivity index (χ1v) is 4.91. The Bertz CT molecular complexity index is 494. The third-order valence-corrected chi connectivity index (χ3v) is 2.04. The number of nitrogens with zero attached hydrogens (tertiary/aromatic N) is 3. The van der Waals surface area contributed by atoms with Gasteiger partial charge in [0.1, 0.15) is 0 Å². The van der Waals surface area contributed by atoms with Gasteiger partial charge < -0.3 is 16.2 Å². The maximum absolute atomic E-state index is 5.71. The molecule has 0 radical (unpaired) electrons. The Morgan fingerprint density at radius 3 is 2.88 bits per heavy atom. The van der Waals surface area contributed by atoms with E-state index >= 15 is 0 Å². The summed E-state index contributed by atoms with van der Waals surface area (Å²) in [5.41, 5.74) is 12.1. The molecule has 0 aliphatic rings. The predicted octanol–water partition coefficient (Wildman–Crippen LogP) is 1.25. The van der Waals surface area contributed by atoms with Crippen molar-refractivity contribution < 1.29 is 4.74 Å². The monoisotopic (exact) mass is 219 g/mol. The number of nitrogens with two attached hydrogens (primary N) is 2. The molecule has 0 amide bonds. The fourth-order valence-electron chi connectivity index (χ4n) is 1.24. The lowest BCUT2D eigenvalue weighted by Crippen LogP contribution is -1.98. The maximum atomic E-state index is 5.71. The number of aromatic nitrogens is 3. The molecule has 0 spiro atoms. The van der Waals surface area contributed by atoms with Gasteiger partial charge in [0.15, 0.2) is 0 Å². The largest absolute Gasteiger partial charge is 0.417 e. The van der Waals surface area contributed by atoms with E-state index in [4.69, 9.17) is 16.2 Å². The van der Waals surface area contributed by atoms with Crippen LogP contribution in [0.15, 0.2) is 24.5 Å². The van der Waals surface area contributed by atoms with Gasteiger partial charge in [-0.15, -0.1) is 5.10 Å². The molecule has 0 fully saturated rings. The van der Waals surface area contributed by atoms with Crippen LogP contribution in [0.3, 0.4) is 0 Å². The normalized spacial score (nSPS) is 10.3. The lowest BCUT2D eigenvalue weighted by molar-refractivity contribution is 0.435. The van der Waals surface area contributed by atoms with Crippen LogP contribution in [-0.4, -0.2) is 14.8 Å². The van der Waals surface area contributed by atoms with Crippen molar-refractivity contribution in [2.45, 2.75) is 13.5 Å². The number of hydrogen-bond donors (Lipinski definition) is 2. The summed E-state index contributed by atoms with van der Waals surface area (Å²) >= 11 is 0. The van der Waals surface area contributed by atoms with Gasteiger partial charge in [-0.25, -0.2) is 4.98 Å². The van der Waals surface area contributed by atoms with Gasteiger partial charge in [-0.3, -0.25) is 4.68 Å². The zero-order chi connectivity index (χ0) is 11.5. The Kier molecular flexibility index (Phi) is 2.63. The number of nitrogen functional groups attached to an aromatic ring is 2. The molecule has 84 valence electrons. The summed E-state index contributed by atoms with van der Waals surface area (Å²) in [5.74, 6) is 0.779. The molecule has 0 unspecified atom stereocenters. The zero-order valence-electron chi connectivity index (χ0n) is 8.92. The van der Waals surface area contributed by atoms with E-state index in [-0.39, 0.29) is 0 Å². The van der Waals surface area contributed by atoms with E-state index < -0.39 is 0 Å². The van der Waals surface area contributed by atoms with Crippen LogP contribution in [0.4, 0.5) is 11.4 Å². The molecule has 2 aromatic rings. The van der Waals surface area contributed by atoms with Gasteiger partial charge in [-0.05, 0) is 13.0 Å². The Morgan fingerprint density at radius 1 is 1.44 bits per heavy atom. The maximum Gasteiger partial charge on any atom is 0.244 e. The molecule has 2 rings (SSSR count). The first-order chi connectivity index (χ1) is 7.69. The molecule has 0 aliphatic heterocycles. The molecule has 6 nitrogen and oxygen atoms in total. The van der Waals surface area contributed by atoms with Gasteiger partial charge in [-0.2, -0.15) is 0 Å². The van der Waals surface area contributed by atoms with Crippen molar-refractivity contribution in [3.05, 3.63) is 24.5 Å². The topological polar surface area (TPSA) is 92.0 Å². The van der Waals surface area contributed by atoms with Crippen molar-refractivity contribution in [3.8, 4) is 11.8 Å². The van der Waals surface area contributed by atoms with Crippen LogP contribution in [0.1, 0.15) is 6.92 Å². The predicted molar refractivity (Wildman–Crippen MR) is 61.0 cm³/mol. The molecular weight excluding hydrogens is 206 g/mol. The number of hydrogen-bond acceptors (Lipinski definition) is 5. The van der Waals surface area contributed by atoms with Crippen LogP contribution in [0.5, 0.6) is 11.8 Å². The lowest BCUT2D eigenvalue weighted by Gasteiger charge is -2.04. The molecule has 0 aliphatic carbocycles. The zero-order valence-corrected chi connectivity index (χ0v) is 8.92. The number of pyridine rings is 1. The van der Waals surface area contributed by atoms with Crippen LogP contribution in [0.25, 0.3) is 0 Å². The highest BCUT2D eigenvalue weighted by molar-refractivity contribution is 5.56. The standard InChI is InChI=1S/C10H13N5O/c1-2-15-4-3-9(14-15)16-10-8(12)5-7(11)6-13-10/h3-6H,2,11-12H2,1H3. The van der Waals surface area contributed by atoms with Gasteiger partial charge in [0.2, 0.25) is 11.8 Å². The van der Waals surface area contributed by atoms with E-state index in [9.17, 15) is 0 Å². The SMILES string of the molecule is CCn1ccc(Oc2ncc(N)cc2N)n1. The minimum absolute atomic E-state index is 0.315. The summed E-state index contributed by atoms with van der Waals surface area (Å²) < 4.78 is 7.18.